The van der Waals surface area contributed by atoms with Crippen molar-refractivity contribution < 1.29 is 38.7 Å². The van der Waals surface area contributed by atoms with E-state index in [0.29, 0.717) is 0 Å². The summed E-state index contributed by atoms with van der Waals surface area (Å²) in [5.74, 6) is -6.35. The van der Waals surface area contributed by atoms with E-state index in [-0.39, 0.29) is 63.5 Å². The van der Waals surface area contributed by atoms with Gasteiger partial charge in [0.05, 0.1) is 12.6 Å². The van der Waals surface area contributed by atoms with Crippen LogP contribution in [0.2, 0.25) is 0 Å². The quantitative estimate of drug-likeness (QED) is 0.0293. The van der Waals surface area contributed by atoms with Crippen molar-refractivity contribution in [1.82, 2.24) is 26.6 Å². The van der Waals surface area contributed by atoms with Crippen LogP contribution < -0.4 is 61.0 Å². The Kier molecular flexibility index (Phi) is 19.1. The van der Waals surface area contributed by atoms with Crippen LogP contribution in [0.3, 0.4) is 0 Å². The second-order valence-corrected chi connectivity index (χ2v) is 10.2. The number of aliphatic carboxylic acids is 1. The summed E-state index contributed by atoms with van der Waals surface area (Å²) in [6, 6.07) is -5.86. The monoisotopic (exact) mass is 657 g/mol. The second-order valence-electron chi connectivity index (χ2n) is 10.2. The SMILES string of the molecule is C[C@H](N)C(=O)N[C@@H](C)C(=O)N[C@@H](CCCN=C(N)N)C(=O)N[C@@H](CCCN=C(N)N)C(=O)NCC(=O)N[C@@H](CCC(N)=O)C(=O)O. The zero-order chi connectivity index (χ0) is 35.4. The highest BCUT2D eigenvalue weighted by molar-refractivity contribution is 5.95. The molecule has 0 aromatic carbocycles. The first kappa shape index (κ1) is 40.8. The maximum atomic E-state index is 13.4. The predicted octanol–water partition coefficient (Wildman–Crippen LogP) is -6.13. The molecule has 21 nitrogen and oxygen atoms in total. The fourth-order valence-corrected chi connectivity index (χ4v) is 3.60. The Balaban J connectivity index is 5.75. The largest absolute Gasteiger partial charge is 0.480 e. The first-order valence-electron chi connectivity index (χ1n) is 14.3. The molecule has 0 aromatic rings. The summed E-state index contributed by atoms with van der Waals surface area (Å²) < 4.78 is 0. The lowest BCUT2D eigenvalue weighted by molar-refractivity contribution is -0.142. The van der Waals surface area contributed by atoms with Crippen molar-refractivity contribution >= 4 is 53.3 Å². The summed E-state index contributed by atoms with van der Waals surface area (Å²) in [6.07, 6.45) is -0.111. The topological polar surface area (TPSA) is 381 Å². The van der Waals surface area contributed by atoms with Gasteiger partial charge in [0.1, 0.15) is 24.2 Å². The maximum Gasteiger partial charge on any atom is 0.326 e. The number of carbonyl (C=O) groups excluding carboxylic acids is 6. The molecular weight excluding hydrogens is 610 g/mol. The number of guanidine groups is 2. The second kappa shape index (κ2) is 21.5. The van der Waals surface area contributed by atoms with Gasteiger partial charge in [0.2, 0.25) is 35.4 Å². The maximum absolute atomic E-state index is 13.4. The van der Waals surface area contributed by atoms with Gasteiger partial charge in [-0.3, -0.25) is 38.8 Å². The highest BCUT2D eigenvalue weighted by atomic mass is 16.4. The molecular formula is C25H47N13O8. The third-order valence-electron chi connectivity index (χ3n) is 6.06. The van der Waals surface area contributed by atoms with Gasteiger partial charge in [-0.1, -0.05) is 0 Å². The van der Waals surface area contributed by atoms with Crippen LogP contribution in [0, 0.1) is 0 Å². The normalized spacial score (nSPS) is 13.7. The Morgan fingerprint density at radius 1 is 0.652 bits per heavy atom. The van der Waals surface area contributed by atoms with E-state index in [1.165, 1.54) is 13.8 Å². The van der Waals surface area contributed by atoms with Crippen molar-refractivity contribution in [2.24, 2.45) is 44.4 Å². The molecule has 0 unspecified atom stereocenters. The van der Waals surface area contributed by atoms with Gasteiger partial charge in [-0.2, -0.15) is 0 Å². The van der Waals surface area contributed by atoms with Gasteiger partial charge in [-0.15, -0.1) is 0 Å². The third-order valence-corrected chi connectivity index (χ3v) is 6.06. The molecule has 0 rings (SSSR count). The Labute approximate surface area is 265 Å². The number of carbonyl (C=O) groups is 7. The fourth-order valence-electron chi connectivity index (χ4n) is 3.60. The van der Waals surface area contributed by atoms with E-state index in [4.69, 9.17) is 34.4 Å². The number of carboxylic acids is 1. The fraction of sp³-hybridized carbons (Fsp3) is 0.640. The number of hydrogen-bond donors (Lipinski definition) is 12. The number of primary amides is 1. The molecule has 46 heavy (non-hydrogen) atoms. The number of aliphatic imine (C=N–C) groups is 2. The number of amides is 6. The van der Waals surface area contributed by atoms with Gasteiger partial charge in [0.15, 0.2) is 11.9 Å². The molecule has 0 bridgehead atoms. The summed E-state index contributed by atoms with van der Waals surface area (Å²) >= 11 is 0. The molecule has 0 heterocycles. The molecule has 18 N–H and O–H groups in total. The molecule has 0 aliphatic rings. The number of carboxylic acid groups (broad SMARTS) is 1. The summed E-state index contributed by atoms with van der Waals surface area (Å²) in [5, 5.41) is 21.2. The standard InChI is InChI=1S/C25H47N13O8/c1-12(26)19(41)35-13(2)20(42)37-15(6-4-10-33-25(30)31)22(44)38-14(5-3-9-32-24(28)29)21(43)34-11-18(40)36-16(23(45)46)7-8-17(27)39/h12-16H,3-11,26H2,1-2H3,(H2,27,39)(H,34,43)(H,35,41)(H,36,40)(H,37,42)(H,38,44)(H,45,46)(H4,28,29,32)(H4,30,31,33)/t12-,13-,14-,15-,16-/m0/s1. The molecule has 0 aliphatic heterocycles. The van der Waals surface area contributed by atoms with Crippen LogP contribution in [0.1, 0.15) is 52.4 Å². The van der Waals surface area contributed by atoms with Crippen molar-refractivity contribution in [2.45, 2.75) is 82.6 Å². The smallest absolute Gasteiger partial charge is 0.326 e. The van der Waals surface area contributed by atoms with Crippen molar-refractivity contribution in [2.75, 3.05) is 19.6 Å². The lowest BCUT2D eigenvalue weighted by atomic mass is 10.1. The average molecular weight is 658 g/mol. The van der Waals surface area contributed by atoms with E-state index in [1.54, 1.807) is 0 Å². The molecule has 0 aliphatic carbocycles. The lowest BCUT2D eigenvalue weighted by Crippen LogP contribution is -2.57. The van der Waals surface area contributed by atoms with E-state index < -0.39 is 78.2 Å². The Morgan fingerprint density at radius 3 is 1.61 bits per heavy atom. The van der Waals surface area contributed by atoms with Crippen molar-refractivity contribution in [3.8, 4) is 0 Å². The molecule has 0 spiro atoms. The molecule has 6 amide bonds. The highest BCUT2D eigenvalue weighted by Gasteiger charge is 2.29. The summed E-state index contributed by atoms with van der Waals surface area (Å²) in [5.41, 5.74) is 31.9. The van der Waals surface area contributed by atoms with Gasteiger partial charge in [-0.25, -0.2) is 4.79 Å². The number of nitrogens with two attached hydrogens (primary N) is 6. The van der Waals surface area contributed by atoms with Crippen LogP contribution in [-0.2, 0) is 33.6 Å². The number of nitrogens with zero attached hydrogens (tertiary/aromatic N) is 2. The molecule has 0 saturated carbocycles. The van der Waals surface area contributed by atoms with E-state index in [9.17, 15) is 38.7 Å². The Bertz CT molecular complexity index is 1140. The number of hydrogen-bond acceptors (Lipinski definition) is 10. The van der Waals surface area contributed by atoms with Gasteiger partial charge < -0.3 is 66.1 Å². The van der Waals surface area contributed by atoms with Crippen LogP contribution in [0.15, 0.2) is 9.98 Å². The summed E-state index contributed by atoms with van der Waals surface area (Å²) in [7, 11) is 0. The van der Waals surface area contributed by atoms with Crippen LogP contribution >= 0.6 is 0 Å². The first-order valence-corrected chi connectivity index (χ1v) is 14.3. The van der Waals surface area contributed by atoms with Crippen molar-refractivity contribution in [3.63, 3.8) is 0 Å². The molecule has 5 atom stereocenters. The molecule has 0 saturated heterocycles. The van der Waals surface area contributed by atoms with Gasteiger partial charge in [-0.05, 0) is 46.0 Å². The van der Waals surface area contributed by atoms with E-state index in [0.717, 1.165) is 0 Å². The average Bonchev–Trinajstić information content (AvgIpc) is 2.95. The lowest BCUT2D eigenvalue weighted by Gasteiger charge is -2.24. The van der Waals surface area contributed by atoms with Crippen molar-refractivity contribution in [3.05, 3.63) is 0 Å². The zero-order valence-electron chi connectivity index (χ0n) is 25.9. The van der Waals surface area contributed by atoms with Gasteiger partial charge in [0, 0.05) is 19.5 Å². The predicted molar refractivity (Wildman–Crippen MR) is 166 cm³/mol. The van der Waals surface area contributed by atoms with Crippen molar-refractivity contribution in [1.29, 1.82) is 0 Å². The molecule has 21 heteroatoms. The molecule has 260 valence electrons. The van der Waals surface area contributed by atoms with Crippen LogP contribution in [0.5, 0.6) is 0 Å². The highest BCUT2D eigenvalue weighted by Crippen LogP contribution is 2.05. The minimum Gasteiger partial charge on any atom is -0.480 e. The Hall–Kier alpha value is -5.21. The molecule has 0 fully saturated rings. The number of nitrogens with one attached hydrogen (secondary N) is 5. The number of rotatable bonds is 22. The molecule has 0 radical (unpaired) electrons. The van der Waals surface area contributed by atoms with Gasteiger partial charge in [0.25, 0.3) is 0 Å². The summed E-state index contributed by atoms with van der Waals surface area (Å²) in [4.78, 5) is 93.5. The third kappa shape index (κ3) is 18.5. The summed E-state index contributed by atoms with van der Waals surface area (Å²) in [6.45, 7) is 2.36. The van der Waals surface area contributed by atoms with Gasteiger partial charge >= 0.3 is 5.97 Å². The van der Waals surface area contributed by atoms with Crippen LogP contribution in [-0.4, -0.2) is 108 Å². The van der Waals surface area contributed by atoms with Crippen LogP contribution in [0.25, 0.3) is 0 Å². The van der Waals surface area contributed by atoms with Crippen LogP contribution in [0.4, 0.5) is 0 Å². The first-order chi connectivity index (χ1) is 21.4. The van der Waals surface area contributed by atoms with E-state index in [2.05, 4.69) is 36.6 Å². The minimum absolute atomic E-state index is 0.0121. The Morgan fingerprint density at radius 2 is 1.15 bits per heavy atom. The minimum atomic E-state index is -1.43. The zero-order valence-corrected chi connectivity index (χ0v) is 25.9. The molecule has 0 aromatic heterocycles. The van der Waals surface area contributed by atoms with E-state index in [1.807, 2.05) is 0 Å². The van der Waals surface area contributed by atoms with E-state index >= 15 is 0 Å².